The Kier molecular flexibility index (Phi) is 3.42. The first kappa shape index (κ1) is 14.5. The first-order chi connectivity index (χ1) is 10.5. The number of rotatable bonds is 1. The zero-order valence-electron chi connectivity index (χ0n) is 13.4. The van der Waals surface area contributed by atoms with Crippen molar-refractivity contribution in [2.75, 3.05) is 13.2 Å². The van der Waals surface area contributed by atoms with Gasteiger partial charge < -0.3 is 9.31 Å². The van der Waals surface area contributed by atoms with Gasteiger partial charge in [-0.3, -0.25) is 4.79 Å². The van der Waals surface area contributed by atoms with Crippen molar-refractivity contribution in [1.82, 2.24) is 0 Å². The molecule has 4 rings (SSSR count). The van der Waals surface area contributed by atoms with Crippen LogP contribution in [0.2, 0.25) is 0 Å². The van der Waals surface area contributed by atoms with Crippen LogP contribution in [0.1, 0.15) is 37.8 Å². The van der Waals surface area contributed by atoms with Gasteiger partial charge in [-0.2, -0.15) is 0 Å². The Morgan fingerprint density at radius 1 is 1.05 bits per heavy atom. The minimum atomic E-state index is -0.255. The first-order valence-corrected chi connectivity index (χ1v) is 8.40. The molecule has 2 atom stereocenters. The standard InChI is InChI=1S/C18H23BO3/c1-18(2)10-21-19(22-11-18)16-6-5-12-7-13-3-4-14(17(13)20)8-15(12)9-16/h5-6,9,13-14H,3-4,7-8,10-11H2,1-2H3/t13-,14+/m0/s1. The van der Waals surface area contributed by atoms with E-state index in [0.717, 1.165) is 44.4 Å². The first-order valence-electron chi connectivity index (χ1n) is 8.40. The average Bonchev–Trinajstić information content (AvgIpc) is 2.73. The molecule has 3 aliphatic rings. The lowest BCUT2D eigenvalue weighted by atomic mass is 9.74. The Hall–Kier alpha value is -1.13. The van der Waals surface area contributed by atoms with E-state index in [9.17, 15) is 4.79 Å². The average molecular weight is 298 g/mol. The van der Waals surface area contributed by atoms with Crippen molar-refractivity contribution in [3.8, 4) is 0 Å². The van der Waals surface area contributed by atoms with Crippen molar-refractivity contribution in [2.45, 2.75) is 39.5 Å². The zero-order valence-corrected chi connectivity index (χ0v) is 13.4. The molecule has 0 unspecified atom stereocenters. The molecule has 0 N–H and O–H groups in total. The number of hydrogen-bond acceptors (Lipinski definition) is 3. The van der Waals surface area contributed by atoms with E-state index in [2.05, 4.69) is 32.0 Å². The highest BCUT2D eigenvalue weighted by molar-refractivity contribution is 6.61. The zero-order chi connectivity index (χ0) is 15.3. The van der Waals surface area contributed by atoms with Crippen molar-refractivity contribution in [1.29, 1.82) is 0 Å². The van der Waals surface area contributed by atoms with Crippen molar-refractivity contribution in [3.63, 3.8) is 0 Å². The Balaban J connectivity index is 1.58. The maximum absolute atomic E-state index is 12.3. The number of benzene rings is 1. The topological polar surface area (TPSA) is 35.5 Å². The van der Waals surface area contributed by atoms with Gasteiger partial charge in [0.05, 0.1) is 0 Å². The second-order valence-electron chi connectivity index (χ2n) is 7.93. The summed E-state index contributed by atoms with van der Waals surface area (Å²) in [5.74, 6) is 0.998. The van der Waals surface area contributed by atoms with Gasteiger partial charge in [-0.05, 0) is 42.3 Å². The number of carbonyl (C=O) groups is 1. The molecule has 1 aromatic carbocycles. The quantitative estimate of drug-likeness (QED) is 0.745. The molecule has 2 aliphatic carbocycles. The molecule has 4 heteroatoms. The highest BCUT2D eigenvalue weighted by Crippen LogP contribution is 2.36. The molecule has 1 aromatic rings. The number of hydrogen-bond donors (Lipinski definition) is 0. The fourth-order valence-electron chi connectivity index (χ4n) is 4.02. The summed E-state index contributed by atoms with van der Waals surface area (Å²) >= 11 is 0. The maximum atomic E-state index is 12.3. The second kappa shape index (κ2) is 5.21. The molecule has 2 fully saturated rings. The van der Waals surface area contributed by atoms with E-state index in [1.165, 1.54) is 11.1 Å². The largest absolute Gasteiger partial charge is 0.493 e. The van der Waals surface area contributed by atoms with E-state index >= 15 is 0 Å². The van der Waals surface area contributed by atoms with Gasteiger partial charge in [-0.1, -0.05) is 32.0 Å². The van der Waals surface area contributed by atoms with E-state index < -0.39 is 0 Å². The van der Waals surface area contributed by atoms with E-state index in [1.807, 2.05) is 0 Å². The van der Waals surface area contributed by atoms with E-state index in [1.54, 1.807) is 0 Å². The summed E-state index contributed by atoms with van der Waals surface area (Å²) in [4.78, 5) is 12.3. The third-order valence-corrected chi connectivity index (χ3v) is 5.35. The molecule has 0 radical (unpaired) electrons. The summed E-state index contributed by atoms with van der Waals surface area (Å²) in [7, 11) is -0.255. The normalized spacial score (nSPS) is 30.1. The fraction of sp³-hybridized carbons (Fsp3) is 0.611. The van der Waals surface area contributed by atoms with E-state index in [0.29, 0.717) is 5.78 Å². The van der Waals surface area contributed by atoms with Crippen LogP contribution in [0.4, 0.5) is 0 Å². The Labute approximate surface area is 132 Å². The SMILES string of the molecule is CC1(C)COB(c2ccc3c(c2)C[C@H]2CC[C@@H](C3)C2=O)OC1. The highest BCUT2D eigenvalue weighted by Gasteiger charge is 2.38. The third-order valence-electron chi connectivity index (χ3n) is 5.35. The Bertz CT molecular complexity index is 600. The number of carbonyl (C=O) groups excluding carboxylic acids is 1. The van der Waals surface area contributed by atoms with Crippen molar-refractivity contribution in [2.24, 2.45) is 17.3 Å². The summed E-state index contributed by atoms with van der Waals surface area (Å²) in [5, 5.41) is 0. The predicted octanol–water partition coefficient (Wildman–Crippen LogP) is 2.15. The van der Waals surface area contributed by atoms with Crippen LogP contribution in [0.25, 0.3) is 0 Å². The molecule has 1 saturated heterocycles. The smallest absolute Gasteiger partial charge is 0.407 e. The summed E-state index contributed by atoms with van der Waals surface area (Å²) in [6.07, 6.45) is 3.97. The third kappa shape index (κ3) is 2.52. The molecule has 0 aromatic heterocycles. The molecule has 1 heterocycles. The van der Waals surface area contributed by atoms with Gasteiger partial charge >= 0.3 is 7.12 Å². The minimum absolute atomic E-state index is 0.0910. The van der Waals surface area contributed by atoms with Crippen LogP contribution >= 0.6 is 0 Å². The molecule has 3 nitrogen and oxygen atoms in total. The van der Waals surface area contributed by atoms with Crippen molar-refractivity contribution < 1.29 is 14.1 Å². The highest BCUT2D eigenvalue weighted by atomic mass is 16.6. The van der Waals surface area contributed by atoms with Crippen LogP contribution in [0.15, 0.2) is 18.2 Å². The van der Waals surface area contributed by atoms with Crippen molar-refractivity contribution >= 4 is 18.4 Å². The van der Waals surface area contributed by atoms with Gasteiger partial charge in [0.2, 0.25) is 0 Å². The van der Waals surface area contributed by atoms with Crippen LogP contribution < -0.4 is 5.46 Å². The molecule has 116 valence electrons. The number of Topliss-reactive ketones (excluding diaryl/α,β-unsaturated/α-hetero) is 1. The summed E-state index contributed by atoms with van der Waals surface area (Å²) in [6, 6.07) is 6.52. The van der Waals surface area contributed by atoms with E-state index in [-0.39, 0.29) is 24.4 Å². The Morgan fingerprint density at radius 3 is 2.36 bits per heavy atom. The summed E-state index contributed by atoms with van der Waals surface area (Å²) in [5.41, 5.74) is 3.86. The Morgan fingerprint density at radius 2 is 1.68 bits per heavy atom. The van der Waals surface area contributed by atoms with Crippen LogP contribution in [0.3, 0.4) is 0 Å². The maximum Gasteiger partial charge on any atom is 0.493 e. The molecule has 0 amide bonds. The molecule has 1 aliphatic heterocycles. The van der Waals surface area contributed by atoms with Crippen LogP contribution in [0.5, 0.6) is 0 Å². The second-order valence-corrected chi connectivity index (χ2v) is 7.93. The van der Waals surface area contributed by atoms with Gasteiger partial charge in [-0.25, -0.2) is 0 Å². The molecule has 22 heavy (non-hydrogen) atoms. The molecule has 0 spiro atoms. The molecule has 1 saturated carbocycles. The predicted molar refractivity (Wildman–Crippen MR) is 86.1 cm³/mol. The molecular formula is C18H23BO3. The van der Waals surface area contributed by atoms with Crippen molar-refractivity contribution in [3.05, 3.63) is 29.3 Å². The number of fused-ring (bicyclic) bond motifs is 3. The van der Waals surface area contributed by atoms with Gasteiger partial charge in [0, 0.05) is 30.5 Å². The monoisotopic (exact) mass is 298 g/mol. The molecule has 2 bridgehead atoms. The van der Waals surface area contributed by atoms with Crippen LogP contribution in [-0.2, 0) is 26.9 Å². The summed E-state index contributed by atoms with van der Waals surface area (Å²) in [6.45, 7) is 5.75. The lowest BCUT2D eigenvalue weighted by molar-refractivity contribution is -0.123. The van der Waals surface area contributed by atoms with Gasteiger partial charge in [-0.15, -0.1) is 0 Å². The lowest BCUT2D eigenvalue weighted by Crippen LogP contribution is -2.47. The molecular weight excluding hydrogens is 275 g/mol. The van der Waals surface area contributed by atoms with Gasteiger partial charge in [0.15, 0.2) is 0 Å². The van der Waals surface area contributed by atoms with Gasteiger partial charge in [0.25, 0.3) is 0 Å². The van der Waals surface area contributed by atoms with E-state index in [4.69, 9.17) is 9.31 Å². The lowest BCUT2D eigenvalue weighted by Gasteiger charge is -2.33. The summed E-state index contributed by atoms with van der Waals surface area (Å²) < 4.78 is 11.8. The number of ketones is 1. The van der Waals surface area contributed by atoms with Crippen LogP contribution in [0, 0.1) is 17.3 Å². The fourth-order valence-corrected chi connectivity index (χ4v) is 4.02. The van der Waals surface area contributed by atoms with Gasteiger partial charge in [0.1, 0.15) is 5.78 Å². The minimum Gasteiger partial charge on any atom is -0.407 e. The van der Waals surface area contributed by atoms with Crippen LogP contribution in [-0.4, -0.2) is 26.1 Å².